The number of hydrogen-bond acceptors (Lipinski definition) is 0. The lowest BCUT2D eigenvalue weighted by atomic mass is 9.81. The van der Waals surface area contributed by atoms with E-state index in [1.807, 2.05) is 0 Å². The lowest BCUT2D eigenvalue weighted by Crippen LogP contribution is -2.13. The lowest BCUT2D eigenvalue weighted by Gasteiger charge is -2.23. The maximum atomic E-state index is 2.36. The molecule has 0 aliphatic heterocycles. The van der Waals surface area contributed by atoms with Crippen LogP contribution >= 0.6 is 0 Å². The van der Waals surface area contributed by atoms with Crippen LogP contribution in [0.25, 0.3) is 66.8 Å². The van der Waals surface area contributed by atoms with Gasteiger partial charge in [-0.25, -0.2) is 0 Å². The van der Waals surface area contributed by atoms with Crippen LogP contribution in [0.4, 0.5) is 0 Å². The SMILES string of the molecule is Cc1c(-c2ccccc2)cc(C(C)(C)C)cc1-c1ccccc1.Cc1c(-c2ccccc2)cccc1C(C)(C)C.Cc1c(-c2ccccc2)cccc1C(C)C.Cc1cc(-c2ccccc2)ccc1-c1ccccc1. The zero-order chi connectivity index (χ0) is 53.5. The first-order valence-corrected chi connectivity index (χ1v) is 26.8. The molecular weight excluding hydrogens is 901 g/mol. The molecule has 0 heterocycles. The standard InChI is InChI=1S/C23H24.C19H16.C17H20.C16H18/c1-17-21(18-11-7-5-8-12-18)15-20(23(2,3)4)16-22(17)19-13-9-6-10-14-19;1-15-14-18(16-8-4-2-5-9-16)12-13-19(15)17-10-6-3-7-11-17;1-13-15(14-9-6-5-7-10-14)11-8-12-16(13)17(2,3)4;1-12(2)15-10-7-11-16(13(15)3)14-8-5-4-6-9-14/h5-16H,1-4H3;2-14H,1H3;5-12H,1-4H3;4-12H,1-3H3. The second-order valence-corrected chi connectivity index (χ2v) is 22.1. The van der Waals surface area contributed by atoms with Crippen molar-refractivity contribution < 1.29 is 0 Å². The number of hydrogen-bond donors (Lipinski definition) is 0. The molecule has 0 fully saturated rings. The topological polar surface area (TPSA) is 0 Å². The Morgan fingerprint density at radius 3 is 1.00 bits per heavy atom. The quantitative estimate of drug-likeness (QED) is 0.149. The van der Waals surface area contributed by atoms with Gasteiger partial charge in [0.2, 0.25) is 0 Å². The van der Waals surface area contributed by atoms with Gasteiger partial charge in [0, 0.05) is 0 Å². The van der Waals surface area contributed by atoms with Crippen LogP contribution in [-0.4, -0.2) is 0 Å². The lowest BCUT2D eigenvalue weighted by molar-refractivity contribution is 0.586. The Kier molecular flexibility index (Phi) is 18.6. The average Bonchev–Trinajstić information content (AvgIpc) is 3.42. The predicted molar refractivity (Wildman–Crippen MR) is 329 cm³/mol. The molecule has 0 heteroatoms. The number of benzene rings is 10. The third-order valence-corrected chi connectivity index (χ3v) is 14.2. The van der Waals surface area contributed by atoms with Gasteiger partial charge in [-0.15, -0.1) is 0 Å². The summed E-state index contributed by atoms with van der Waals surface area (Å²) >= 11 is 0. The van der Waals surface area contributed by atoms with Gasteiger partial charge >= 0.3 is 0 Å². The molecule has 0 N–H and O–H groups in total. The highest BCUT2D eigenvalue weighted by molar-refractivity contribution is 5.80. The first-order chi connectivity index (χ1) is 36.0. The highest BCUT2D eigenvalue weighted by atomic mass is 14.2. The molecule has 0 amide bonds. The monoisotopic (exact) mass is 979 g/mol. The van der Waals surface area contributed by atoms with E-state index in [-0.39, 0.29) is 10.8 Å². The van der Waals surface area contributed by atoms with Crippen molar-refractivity contribution in [1.29, 1.82) is 0 Å². The zero-order valence-corrected chi connectivity index (χ0v) is 46.7. The summed E-state index contributed by atoms with van der Waals surface area (Å²) in [5.41, 5.74) is 25.7. The summed E-state index contributed by atoms with van der Waals surface area (Å²) in [5, 5.41) is 0. The van der Waals surface area contributed by atoms with Crippen molar-refractivity contribution in [3.8, 4) is 66.8 Å². The summed E-state index contributed by atoms with van der Waals surface area (Å²) in [7, 11) is 0. The molecule has 10 aromatic rings. The van der Waals surface area contributed by atoms with Crippen molar-refractivity contribution in [1.82, 2.24) is 0 Å². The van der Waals surface area contributed by atoms with E-state index in [0.29, 0.717) is 5.92 Å². The summed E-state index contributed by atoms with van der Waals surface area (Å²) in [6.45, 7) is 27.0. The summed E-state index contributed by atoms with van der Waals surface area (Å²) < 4.78 is 0. The van der Waals surface area contributed by atoms with E-state index >= 15 is 0 Å². The van der Waals surface area contributed by atoms with E-state index in [0.717, 1.165) is 0 Å². The van der Waals surface area contributed by atoms with Crippen LogP contribution in [0, 0.1) is 27.7 Å². The fraction of sp³-hybridized carbons (Fsp3) is 0.200. The Bertz CT molecular complexity index is 3270. The highest BCUT2D eigenvalue weighted by Gasteiger charge is 2.20. The summed E-state index contributed by atoms with van der Waals surface area (Å²) in [6.07, 6.45) is 0. The maximum Gasteiger partial charge on any atom is -0.0129 e. The molecule has 0 saturated carbocycles. The molecule has 0 radical (unpaired) electrons. The molecule has 0 bridgehead atoms. The van der Waals surface area contributed by atoms with Crippen LogP contribution in [0.1, 0.15) is 100 Å². The second-order valence-electron chi connectivity index (χ2n) is 22.1. The highest BCUT2D eigenvalue weighted by Crippen LogP contribution is 2.38. The van der Waals surface area contributed by atoms with E-state index in [4.69, 9.17) is 0 Å². The minimum atomic E-state index is 0.126. The van der Waals surface area contributed by atoms with E-state index in [1.54, 1.807) is 0 Å². The van der Waals surface area contributed by atoms with Gasteiger partial charge in [-0.1, -0.05) is 304 Å². The number of aryl methyl sites for hydroxylation is 1. The smallest absolute Gasteiger partial charge is 0.0129 e. The molecule has 10 aromatic carbocycles. The molecule has 0 aromatic heterocycles. The largest absolute Gasteiger partial charge is 0.0622 e. The van der Waals surface area contributed by atoms with E-state index in [2.05, 4.69) is 332 Å². The Labute approximate surface area is 451 Å². The van der Waals surface area contributed by atoms with Crippen molar-refractivity contribution in [3.63, 3.8) is 0 Å². The molecule has 75 heavy (non-hydrogen) atoms. The summed E-state index contributed by atoms with van der Waals surface area (Å²) in [4.78, 5) is 0. The third kappa shape index (κ3) is 14.5. The molecule has 0 aliphatic rings. The molecular formula is C75H78. The fourth-order valence-corrected chi connectivity index (χ4v) is 9.99. The van der Waals surface area contributed by atoms with Crippen molar-refractivity contribution in [2.24, 2.45) is 0 Å². The van der Waals surface area contributed by atoms with Gasteiger partial charge in [0.05, 0.1) is 0 Å². The van der Waals surface area contributed by atoms with Crippen LogP contribution in [0.15, 0.2) is 249 Å². The molecule has 0 atom stereocenters. The first kappa shape index (κ1) is 55.0. The van der Waals surface area contributed by atoms with Crippen molar-refractivity contribution >= 4 is 0 Å². The molecule has 0 aliphatic carbocycles. The van der Waals surface area contributed by atoms with Crippen molar-refractivity contribution in [2.75, 3.05) is 0 Å². The van der Waals surface area contributed by atoms with E-state index < -0.39 is 0 Å². The van der Waals surface area contributed by atoms with Gasteiger partial charge in [-0.3, -0.25) is 0 Å². The molecule has 0 spiro atoms. The van der Waals surface area contributed by atoms with Gasteiger partial charge in [-0.2, -0.15) is 0 Å². The van der Waals surface area contributed by atoms with Crippen LogP contribution in [0.3, 0.4) is 0 Å². The van der Waals surface area contributed by atoms with Gasteiger partial charge in [0.1, 0.15) is 0 Å². The van der Waals surface area contributed by atoms with Crippen LogP contribution < -0.4 is 0 Å². The summed E-state index contributed by atoms with van der Waals surface area (Å²) in [5.74, 6) is 0.587. The fourth-order valence-electron chi connectivity index (χ4n) is 9.99. The van der Waals surface area contributed by atoms with Gasteiger partial charge in [0.15, 0.2) is 0 Å². The first-order valence-electron chi connectivity index (χ1n) is 26.8. The Morgan fingerprint density at radius 1 is 0.267 bits per heavy atom. The van der Waals surface area contributed by atoms with Gasteiger partial charge < -0.3 is 0 Å². The van der Waals surface area contributed by atoms with Crippen molar-refractivity contribution in [2.45, 2.75) is 99.8 Å². The van der Waals surface area contributed by atoms with E-state index in [9.17, 15) is 0 Å². The Balaban J connectivity index is 0.000000147. The second kappa shape index (κ2) is 25.4. The molecule has 0 nitrogen and oxygen atoms in total. The Hall–Kier alpha value is -7.80. The average molecular weight is 979 g/mol. The normalized spacial score (nSPS) is 11.1. The van der Waals surface area contributed by atoms with E-state index in [1.165, 1.54) is 106 Å². The van der Waals surface area contributed by atoms with Crippen LogP contribution in [-0.2, 0) is 10.8 Å². The Morgan fingerprint density at radius 2 is 0.627 bits per heavy atom. The summed E-state index contributed by atoms with van der Waals surface area (Å²) in [6, 6.07) is 88.2. The predicted octanol–water partition coefficient (Wildman–Crippen LogP) is 21.7. The van der Waals surface area contributed by atoms with Crippen LogP contribution in [0.2, 0.25) is 0 Å². The minimum absolute atomic E-state index is 0.126. The zero-order valence-electron chi connectivity index (χ0n) is 46.7. The maximum absolute atomic E-state index is 2.36. The molecule has 0 saturated heterocycles. The molecule has 378 valence electrons. The van der Waals surface area contributed by atoms with Crippen molar-refractivity contribution in [3.05, 3.63) is 288 Å². The minimum Gasteiger partial charge on any atom is -0.0622 e. The van der Waals surface area contributed by atoms with Gasteiger partial charge in [0.25, 0.3) is 0 Å². The third-order valence-electron chi connectivity index (χ3n) is 14.2. The molecule has 0 unspecified atom stereocenters. The number of rotatable bonds is 7. The van der Waals surface area contributed by atoms with Crippen LogP contribution in [0.5, 0.6) is 0 Å². The van der Waals surface area contributed by atoms with Gasteiger partial charge in [-0.05, 0) is 150 Å². The molecule has 10 rings (SSSR count).